The van der Waals surface area contributed by atoms with Crippen molar-refractivity contribution in [2.24, 2.45) is 10.7 Å². The average Bonchev–Trinajstić information content (AvgIpc) is 2.47. The van der Waals surface area contributed by atoms with Gasteiger partial charge in [0.15, 0.2) is 5.96 Å². The molecule has 0 amide bonds. The molecule has 0 spiro atoms. The first-order valence-corrected chi connectivity index (χ1v) is 7.33. The third-order valence-electron chi connectivity index (χ3n) is 3.35. The smallest absolute Gasteiger partial charge is 0.188 e. The Morgan fingerprint density at radius 1 is 1.35 bits per heavy atom. The number of benzene rings is 1. The van der Waals surface area contributed by atoms with Crippen LogP contribution in [0.1, 0.15) is 18.5 Å². The van der Waals surface area contributed by atoms with Crippen LogP contribution in [0.25, 0.3) is 0 Å². The maximum absolute atomic E-state index is 5.93. The molecule has 132 valence electrons. The summed E-state index contributed by atoms with van der Waals surface area (Å²) in [6, 6.07) is 8.27. The number of halogens is 1. The monoisotopic (exact) mass is 436 g/mol. The van der Waals surface area contributed by atoms with E-state index in [-0.39, 0.29) is 36.1 Å². The average molecular weight is 436 g/mol. The lowest BCUT2D eigenvalue weighted by atomic mass is 10.1. The highest BCUT2D eigenvalue weighted by Gasteiger charge is 2.14. The predicted octanol–water partition coefficient (Wildman–Crippen LogP) is 1.86. The van der Waals surface area contributed by atoms with Gasteiger partial charge in [0.2, 0.25) is 0 Å². The number of aliphatic imine (C=N–C) groups is 1. The molecule has 0 radical (unpaired) electrons. The zero-order valence-electron chi connectivity index (χ0n) is 14.6. The summed E-state index contributed by atoms with van der Waals surface area (Å²) in [7, 11) is 7.38. The van der Waals surface area contributed by atoms with Gasteiger partial charge in [0, 0.05) is 13.2 Å². The lowest BCUT2D eigenvalue weighted by Crippen LogP contribution is -2.41. The van der Waals surface area contributed by atoms with Gasteiger partial charge in [0.1, 0.15) is 5.75 Å². The summed E-state index contributed by atoms with van der Waals surface area (Å²) >= 11 is 0. The van der Waals surface area contributed by atoms with Gasteiger partial charge in [0.25, 0.3) is 0 Å². The highest BCUT2D eigenvalue weighted by Crippen LogP contribution is 2.22. The molecule has 0 bridgehead atoms. The van der Waals surface area contributed by atoms with Gasteiger partial charge in [-0.15, -0.1) is 24.0 Å². The van der Waals surface area contributed by atoms with Crippen LogP contribution in [0.15, 0.2) is 29.3 Å². The quantitative estimate of drug-likeness (QED) is 0.370. The predicted molar refractivity (Wildman–Crippen MR) is 106 cm³/mol. The van der Waals surface area contributed by atoms with Crippen LogP contribution in [0.5, 0.6) is 5.75 Å². The number of ether oxygens (including phenoxy) is 2. The second kappa shape index (κ2) is 11.5. The second-order valence-electron chi connectivity index (χ2n) is 5.48. The Labute approximate surface area is 156 Å². The number of nitrogens with one attached hydrogen (secondary N) is 1. The van der Waals surface area contributed by atoms with Gasteiger partial charge in [-0.3, -0.25) is 4.99 Å². The van der Waals surface area contributed by atoms with Gasteiger partial charge in [-0.05, 0) is 38.7 Å². The van der Waals surface area contributed by atoms with Gasteiger partial charge in [0.05, 0.1) is 26.3 Å². The van der Waals surface area contributed by atoms with Crippen molar-refractivity contribution >= 4 is 29.9 Å². The minimum atomic E-state index is 0. The topological polar surface area (TPSA) is 72.1 Å². The van der Waals surface area contributed by atoms with E-state index in [9.17, 15) is 0 Å². The van der Waals surface area contributed by atoms with Crippen molar-refractivity contribution in [3.8, 4) is 5.75 Å². The molecule has 0 fully saturated rings. The van der Waals surface area contributed by atoms with Crippen LogP contribution in [0.3, 0.4) is 0 Å². The second-order valence-corrected chi connectivity index (χ2v) is 5.48. The van der Waals surface area contributed by atoms with E-state index < -0.39 is 0 Å². The van der Waals surface area contributed by atoms with Crippen molar-refractivity contribution in [1.82, 2.24) is 10.2 Å². The van der Waals surface area contributed by atoms with E-state index in [1.54, 1.807) is 14.2 Å². The molecule has 1 rings (SSSR count). The summed E-state index contributed by atoms with van der Waals surface area (Å²) in [6.07, 6.45) is 0. The summed E-state index contributed by atoms with van der Waals surface area (Å²) in [5, 5.41) is 3.11. The Kier molecular flexibility index (Phi) is 10.9. The minimum Gasteiger partial charge on any atom is -0.497 e. The van der Waals surface area contributed by atoms with E-state index in [0.717, 1.165) is 11.3 Å². The zero-order chi connectivity index (χ0) is 16.5. The molecule has 0 saturated heterocycles. The van der Waals surface area contributed by atoms with Crippen LogP contribution >= 0.6 is 24.0 Å². The number of guanidine groups is 1. The molecule has 0 aliphatic rings. The molecule has 3 N–H and O–H groups in total. The van der Waals surface area contributed by atoms with E-state index >= 15 is 0 Å². The molecular formula is C16H29IN4O2. The first-order valence-electron chi connectivity index (χ1n) is 7.33. The van der Waals surface area contributed by atoms with Crippen LogP contribution in [-0.4, -0.2) is 58.4 Å². The number of methoxy groups -OCH3 is 2. The molecule has 6 nitrogen and oxygen atoms in total. The van der Waals surface area contributed by atoms with Gasteiger partial charge in [-0.1, -0.05) is 12.1 Å². The Morgan fingerprint density at radius 3 is 2.61 bits per heavy atom. The van der Waals surface area contributed by atoms with Crippen LogP contribution in [0.2, 0.25) is 0 Å². The first kappa shape index (κ1) is 21.9. The number of nitrogens with two attached hydrogens (primary N) is 1. The molecule has 0 aromatic heterocycles. The maximum Gasteiger partial charge on any atom is 0.188 e. The summed E-state index contributed by atoms with van der Waals surface area (Å²) in [6.45, 7) is 3.15. The van der Waals surface area contributed by atoms with E-state index in [1.807, 2.05) is 39.2 Å². The fraction of sp³-hybridized carbons (Fsp3) is 0.562. The van der Waals surface area contributed by atoms with E-state index in [4.69, 9.17) is 15.2 Å². The number of hydrogen-bond donors (Lipinski definition) is 2. The molecule has 0 aliphatic carbocycles. The van der Waals surface area contributed by atoms with Crippen molar-refractivity contribution < 1.29 is 9.47 Å². The van der Waals surface area contributed by atoms with Gasteiger partial charge < -0.3 is 25.4 Å². The van der Waals surface area contributed by atoms with Crippen LogP contribution in [0, 0.1) is 0 Å². The van der Waals surface area contributed by atoms with Crippen LogP contribution < -0.4 is 15.8 Å². The van der Waals surface area contributed by atoms with Crippen molar-refractivity contribution in [2.75, 3.05) is 41.5 Å². The van der Waals surface area contributed by atoms with Gasteiger partial charge >= 0.3 is 0 Å². The Balaban J connectivity index is 0.00000484. The van der Waals surface area contributed by atoms with E-state index in [1.165, 1.54) is 0 Å². The molecule has 2 atom stereocenters. The summed E-state index contributed by atoms with van der Waals surface area (Å²) in [5.41, 5.74) is 7.07. The summed E-state index contributed by atoms with van der Waals surface area (Å²) in [5.74, 6) is 1.27. The van der Waals surface area contributed by atoms with Crippen molar-refractivity contribution in [1.29, 1.82) is 0 Å². The first-order chi connectivity index (χ1) is 10.5. The number of hydrogen-bond acceptors (Lipinski definition) is 4. The largest absolute Gasteiger partial charge is 0.497 e. The normalized spacial score (nSPS) is 14.1. The Morgan fingerprint density at radius 2 is 2.04 bits per heavy atom. The van der Waals surface area contributed by atoms with Crippen molar-refractivity contribution in [2.45, 2.75) is 19.0 Å². The molecule has 0 heterocycles. The molecule has 2 unspecified atom stereocenters. The summed E-state index contributed by atoms with van der Waals surface area (Å²) in [4.78, 5) is 6.56. The molecule has 7 heteroatoms. The minimum absolute atomic E-state index is 0. The van der Waals surface area contributed by atoms with E-state index in [2.05, 4.69) is 21.3 Å². The Hall–Kier alpha value is -1.06. The molecule has 23 heavy (non-hydrogen) atoms. The standard InChI is InChI=1S/C16H28N4O2.HI/c1-12(11-21-4)19-16(17)18-10-15(20(2)3)13-7-6-8-14(9-13)22-5;/h6-9,12,15H,10-11H2,1-5H3,(H3,17,18,19);1H. The third kappa shape index (κ3) is 7.85. The van der Waals surface area contributed by atoms with Crippen LogP contribution in [-0.2, 0) is 4.74 Å². The van der Waals surface area contributed by atoms with Crippen molar-refractivity contribution in [3.63, 3.8) is 0 Å². The Bertz CT molecular complexity index is 483. The number of nitrogens with zero attached hydrogens (tertiary/aromatic N) is 2. The fourth-order valence-corrected chi connectivity index (χ4v) is 2.19. The lowest BCUT2D eigenvalue weighted by Gasteiger charge is -2.24. The highest BCUT2D eigenvalue weighted by molar-refractivity contribution is 14.0. The molecule has 1 aromatic rings. The highest BCUT2D eigenvalue weighted by atomic mass is 127. The number of likely N-dealkylation sites (N-methyl/N-ethyl adjacent to an activating group) is 1. The number of rotatable bonds is 8. The van der Waals surface area contributed by atoms with Gasteiger partial charge in [-0.25, -0.2) is 0 Å². The maximum atomic E-state index is 5.93. The zero-order valence-corrected chi connectivity index (χ0v) is 16.9. The van der Waals surface area contributed by atoms with E-state index in [0.29, 0.717) is 19.1 Å². The van der Waals surface area contributed by atoms with Crippen molar-refractivity contribution in [3.05, 3.63) is 29.8 Å². The molecule has 0 saturated carbocycles. The third-order valence-corrected chi connectivity index (χ3v) is 3.35. The van der Waals surface area contributed by atoms with Crippen LogP contribution in [0.4, 0.5) is 0 Å². The fourth-order valence-electron chi connectivity index (χ4n) is 2.19. The summed E-state index contributed by atoms with van der Waals surface area (Å²) < 4.78 is 10.4. The molecular weight excluding hydrogens is 407 g/mol. The molecule has 1 aromatic carbocycles. The lowest BCUT2D eigenvalue weighted by molar-refractivity contribution is 0.179. The molecule has 0 aliphatic heterocycles. The van der Waals surface area contributed by atoms with Gasteiger partial charge in [-0.2, -0.15) is 0 Å². The SMILES string of the molecule is COCC(C)NC(N)=NCC(c1cccc(OC)c1)N(C)C.I.